The summed E-state index contributed by atoms with van der Waals surface area (Å²) in [5.74, 6) is -3.57. The average Bonchev–Trinajstić information content (AvgIpc) is 2.32. The van der Waals surface area contributed by atoms with Crippen molar-refractivity contribution >= 4 is 24.1 Å². The maximum Gasteiger partial charge on any atom is 0.505 e. The van der Waals surface area contributed by atoms with E-state index in [1.54, 1.807) is 0 Å². The third-order valence-electron chi connectivity index (χ3n) is 2.44. The second kappa shape index (κ2) is 10.3. The molecule has 0 heterocycles. The summed E-state index contributed by atoms with van der Waals surface area (Å²) in [5, 5.41) is 34.4. The first-order valence-corrected chi connectivity index (χ1v) is 6.16. The van der Waals surface area contributed by atoms with Crippen LogP contribution >= 0.6 is 0 Å². The topological polar surface area (TPSA) is 165 Å². The highest BCUT2D eigenvalue weighted by atomic mass is 16.7. The van der Waals surface area contributed by atoms with Crippen LogP contribution in [0.1, 0.15) is 0 Å². The Morgan fingerprint density at radius 1 is 0.682 bits per heavy atom. The lowest BCUT2D eigenvalue weighted by Gasteiger charge is -2.24. The summed E-state index contributed by atoms with van der Waals surface area (Å²) in [6.45, 7) is -1.61. The van der Waals surface area contributed by atoms with Gasteiger partial charge in [0.2, 0.25) is 0 Å². The molecule has 22 heavy (non-hydrogen) atoms. The van der Waals surface area contributed by atoms with E-state index in [9.17, 15) is 19.2 Å². The Morgan fingerprint density at radius 2 is 1.09 bits per heavy atom. The van der Waals surface area contributed by atoms with Crippen LogP contribution in [-0.2, 0) is 19.1 Å². The lowest BCUT2D eigenvalue weighted by Crippen LogP contribution is -2.42. The van der Waals surface area contributed by atoms with Crippen molar-refractivity contribution in [3.63, 3.8) is 0 Å². The van der Waals surface area contributed by atoms with Crippen LogP contribution in [0.3, 0.4) is 0 Å². The Hall–Kier alpha value is -2.40. The average molecular weight is 322 g/mol. The van der Waals surface area contributed by atoms with E-state index in [1.807, 2.05) is 0 Å². The Morgan fingerprint density at radius 3 is 1.50 bits per heavy atom. The summed E-state index contributed by atoms with van der Waals surface area (Å²) in [6, 6.07) is 0. The number of rotatable bonds is 12. The molecule has 0 saturated carbocycles. The number of carboxylic acid groups (broad SMARTS) is 4. The summed E-state index contributed by atoms with van der Waals surface area (Å²) in [4.78, 5) is 44.6. The fourth-order valence-electron chi connectivity index (χ4n) is 1.60. The molecule has 0 spiro atoms. The first kappa shape index (κ1) is 19.6. The van der Waals surface area contributed by atoms with Crippen molar-refractivity contribution in [3.8, 4) is 0 Å². The smallest absolute Gasteiger partial charge is 0.480 e. The van der Waals surface area contributed by atoms with Gasteiger partial charge in [0.25, 0.3) is 0 Å². The molecule has 4 N–H and O–H groups in total. The first-order chi connectivity index (χ1) is 10.2. The number of carbonyl (C=O) groups is 4. The van der Waals surface area contributed by atoms with Crippen molar-refractivity contribution in [2.75, 3.05) is 45.9 Å². The SMILES string of the molecule is O=C(O)CN(CCOC(=O)O)CCN(CC(=O)O)CC(=O)O. The monoisotopic (exact) mass is 322 g/mol. The molecule has 11 nitrogen and oxygen atoms in total. The third kappa shape index (κ3) is 11.4. The van der Waals surface area contributed by atoms with Crippen LogP contribution in [-0.4, -0.2) is 100 Å². The molecule has 0 aromatic carbocycles. The molecule has 11 heteroatoms. The van der Waals surface area contributed by atoms with Gasteiger partial charge >= 0.3 is 24.1 Å². The number of ether oxygens (including phenoxy) is 1. The zero-order valence-electron chi connectivity index (χ0n) is 11.7. The van der Waals surface area contributed by atoms with Gasteiger partial charge in [-0.05, 0) is 0 Å². The van der Waals surface area contributed by atoms with Crippen molar-refractivity contribution < 1.29 is 44.3 Å². The standard InChI is InChI=1S/C11H18N2O9/c14-8(15)5-12(3-4-22-11(20)21)1-2-13(6-9(16)17)7-10(18)19/h1-7H2,(H,14,15)(H,16,17)(H,18,19)(H,20,21). The third-order valence-corrected chi connectivity index (χ3v) is 2.44. The molecule has 0 radical (unpaired) electrons. The normalized spacial score (nSPS) is 10.6. The van der Waals surface area contributed by atoms with Crippen LogP contribution in [0.2, 0.25) is 0 Å². The number of nitrogens with zero attached hydrogens (tertiary/aromatic N) is 2. The van der Waals surface area contributed by atoms with Gasteiger partial charge in [-0.25, -0.2) is 4.79 Å². The van der Waals surface area contributed by atoms with Gasteiger partial charge in [-0.3, -0.25) is 24.2 Å². The number of hydrogen-bond acceptors (Lipinski definition) is 7. The van der Waals surface area contributed by atoms with E-state index in [4.69, 9.17) is 20.4 Å². The highest BCUT2D eigenvalue weighted by Crippen LogP contribution is 1.95. The van der Waals surface area contributed by atoms with Gasteiger partial charge in [-0.1, -0.05) is 0 Å². The first-order valence-electron chi connectivity index (χ1n) is 6.16. The minimum atomic E-state index is -1.49. The number of hydrogen-bond donors (Lipinski definition) is 4. The Kier molecular flexibility index (Phi) is 9.22. The minimum absolute atomic E-state index is 0.00104. The van der Waals surface area contributed by atoms with E-state index in [0.717, 1.165) is 4.90 Å². The molecule has 126 valence electrons. The van der Waals surface area contributed by atoms with Crippen molar-refractivity contribution in [3.05, 3.63) is 0 Å². The summed E-state index contributed by atoms with van der Waals surface area (Å²) in [6.07, 6.45) is -1.49. The molecule has 0 aromatic rings. The van der Waals surface area contributed by atoms with Crippen molar-refractivity contribution in [2.45, 2.75) is 0 Å². The van der Waals surface area contributed by atoms with Gasteiger partial charge in [-0.15, -0.1) is 0 Å². The van der Waals surface area contributed by atoms with Crippen LogP contribution in [0.4, 0.5) is 4.79 Å². The fourth-order valence-corrected chi connectivity index (χ4v) is 1.60. The van der Waals surface area contributed by atoms with Gasteiger partial charge < -0.3 is 25.2 Å². The molecule has 0 unspecified atom stereocenters. The van der Waals surface area contributed by atoms with Crippen LogP contribution in [0.25, 0.3) is 0 Å². The molecule has 0 aliphatic carbocycles. The molecular weight excluding hydrogens is 304 g/mol. The molecule has 0 saturated heterocycles. The van der Waals surface area contributed by atoms with Crippen LogP contribution in [0, 0.1) is 0 Å². The molecular formula is C11H18N2O9. The van der Waals surface area contributed by atoms with Gasteiger partial charge in [0, 0.05) is 19.6 Å². The maximum absolute atomic E-state index is 10.7. The lowest BCUT2D eigenvalue weighted by atomic mass is 10.4. The van der Waals surface area contributed by atoms with E-state index in [1.165, 1.54) is 4.90 Å². The maximum atomic E-state index is 10.7. The van der Waals surface area contributed by atoms with Gasteiger partial charge in [0.1, 0.15) is 6.61 Å². The van der Waals surface area contributed by atoms with E-state index in [0.29, 0.717) is 0 Å². The molecule has 0 rings (SSSR count). The predicted octanol–water partition coefficient (Wildman–Crippen LogP) is -1.46. The Balaban J connectivity index is 4.46. The summed E-state index contributed by atoms with van der Waals surface area (Å²) >= 11 is 0. The van der Waals surface area contributed by atoms with Gasteiger partial charge in [0.15, 0.2) is 0 Å². The van der Waals surface area contributed by atoms with Crippen LogP contribution in [0.15, 0.2) is 0 Å². The zero-order chi connectivity index (χ0) is 17.1. The second-order valence-corrected chi connectivity index (χ2v) is 4.28. The van der Waals surface area contributed by atoms with Crippen molar-refractivity contribution in [2.24, 2.45) is 0 Å². The zero-order valence-corrected chi connectivity index (χ0v) is 11.7. The van der Waals surface area contributed by atoms with Crippen LogP contribution in [0.5, 0.6) is 0 Å². The largest absolute Gasteiger partial charge is 0.505 e. The molecule has 0 aliphatic rings. The summed E-state index contributed by atoms with van der Waals surface area (Å²) < 4.78 is 4.27. The molecule has 0 amide bonds. The highest BCUT2D eigenvalue weighted by Gasteiger charge is 2.16. The molecule has 0 aliphatic heterocycles. The fraction of sp³-hybridized carbons (Fsp3) is 0.636. The van der Waals surface area contributed by atoms with E-state index >= 15 is 0 Å². The summed E-state index contributed by atoms with van der Waals surface area (Å²) in [5.41, 5.74) is 0. The predicted molar refractivity (Wildman–Crippen MR) is 69.8 cm³/mol. The number of carboxylic acids is 3. The minimum Gasteiger partial charge on any atom is -0.480 e. The quantitative estimate of drug-likeness (QED) is 0.310. The highest BCUT2D eigenvalue weighted by molar-refractivity contribution is 5.72. The van der Waals surface area contributed by atoms with E-state index < -0.39 is 43.7 Å². The Bertz CT molecular complexity index is 396. The molecule has 0 aromatic heterocycles. The molecule has 0 bridgehead atoms. The van der Waals surface area contributed by atoms with E-state index in [-0.39, 0.29) is 26.2 Å². The second-order valence-electron chi connectivity index (χ2n) is 4.28. The van der Waals surface area contributed by atoms with Crippen LogP contribution < -0.4 is 0 Å². The molecule has 0 fully saturated rings. The van der Waals surface area contributed by atoms with Crippen molar-refractivity contribution in [1.29, 1.82) is 0 Å². The van der Waals surface area contributed by atoms with Crippen molar-refractivity contribution in [1.82, 2.24) is 9.80 Å². The molecule has 0 atom stereocenters. The number of aliphatic carboxylic acids is 3. The summed E-state index contributed by atoms with van der Waals surface area (Å²) in [7, 11) is 0. The van der Waals surface area contributed by atoms with E-state index in [2.05, 4.69) is 4.74 Å². The lowest BCUT2D eigenvalue weighted by molar-refractivity contribution is -0.143. The van der Waals surface area contributed by atoms with Gasteiger partial charge in [0.05, 0.1) is 19.6 Å². The Labute approximate surface area is 125 Å². The van der Waals surface area contributed by atoms with Gasteiger partial charge in [-0.2, -0.15) is 0 Å².